The van der Waals surface area contributed by atoms with E-state index in [1.54, 1.807) is 17.0 Å². The minimum absolute atomic E-state index is 0.183. The predicted octanol–water partition coefficient (Wildman–Crippen LogP) is 2.74. The molecule has 3 aliphatic heterocycles. The molecule has 0 aliphatic carbocycles. The Morgan fingerprint density at radius 1 is 1.06 bits per heavy atom. The number of likely N-dealkylation sites (tertiary alicyclic amines) is 1. The molecule has 2 aromatic carbocycles. The van der Waals surface area contributed by atoms with Crippen LogP contribution in [0.25, 0.3) is 0 Å². The van der Waals surface area contributed by atoms with Gasteiger partial charge in [-0.1, -0.05) is 36.3 Å². The van der Waals surface area contributed by atoms with Gasteiger partial charge in [-0.3, -0.25) is 14.5 Å². The molecule has 0 unspecified atom stereocenters. The third-order valence-corrected chi connectivity index (χ3v) is 7.38. The number of imide groups is 1. The zero-order valence-corrected chi connectivity index (χ0v) is 19.9. The lowest BCUT2D eigenvalue weighted by atomic mass is 9.73. The molecule has 3 aliphatic rings. The summed E-state index contributed by atoms with van der Waals surface area (Å²) in [6.07, 6.45) is 1.95. The van der Waals surface area contributed by atoms with Crippen molar-refractivity contribution in [3.05, 3.63) is 71.5 Å². The first-order valence-corrected chi connectivity index (χ1v) is 12.3. The van der Waals surface area contributed by atoms with Crippen molar-refractivity contribution in [2.24, 2.45) is 5.92 Å². The standard InChI is InChI=1S/C28H28FN3O4/c29-23-9-6-21(7-10-23)18-28(26(34)32(27(35)30-28)24-14-17-36-19-24)22-12-15-31(16-13-22)25(33)11-8-20-4-2-1-3-5-20/h1-7,9-10,22,24H,12-19H2,(H,30,35)/t24-,28+/m0/s1. The van der Waals surface area contributed by atoms with Crippen LogP contribution in [-0.2, 0) is 20.7 Å². The van der Waals surface area contributed by atoms with Gasteiger partial charge in [0.25, 0.3) is 11.8 Å². The molecule has 0 spiro atoms. The van der Waals surface area contributed by atoms with Gasteiger partial charge in [0.1, 0.15) is 11.4 Å². The topological polar surface area (TPSA) is 79.0 Å². The molecule has 7 nitrogen and oxygen atoms in total. The third-order valence-electron chi connectivity index (χ3n) is 7.38. The summed E-state index contributed by atoms with van der Waals surface area (Å²) in [6.45, 7) is 1.72. The number of benzene rings is 2. The fraction of sp³-hybridized carbons (Fsp3) is 0.393. The highest BCUT2D eigenvalue weighted by Gasteiger charge is 2.57. The molecule has 0 bridgehead atoms. The molecule has 3 heterocycles. The molecule has 0 radical (unpaired) electrons. The summed E-state index contributed by atoms with van der Waals surface area (Å²) in [5.41, 5.74) is 0.388. The number of nitrogens with one attached hydrogen (secondary N) is 1. The van der Waals surface area contributed by atoms with E-state index in [2.05, 4.69) is 17.2 Å². The Balaban J connectivity index is 1.35. The summed E-state index contributed by atoms with van der Waals surface area (Å²) in [7, 11) is 0. The number of rotatable bonds is 4. The number of halogens is 1. The van der Waals surface area contributed by atoms with Crippen molar-refractivity contribution < 1.29 is 23.5 Å². The minimum Gasteiger partial charge on any atom is -0.379 e. The van der Waals surface area contributed by atoms with E-state index >= 15 is 0 Å². The van der Waals surface area contributed by atoms with E-state index in [-0.39, 0.29) is 36.0 Å². The van der Waals surface area contributed by atoms with Crippen LogP contribution in [0.4, 0.5) is 9.18 Å². The quantitative estimate of drug-likeness (QED) is 0.529. The summed E-state index contributed by atoms with van der Waals surface area (Å²) >= 11 is 0. The van der Waals surface area contributed by atoms with E-state index < -0.39 is 11.6 Å². The molecular weight excluding hydrogens is 461 g/mol. The van der Waals surface area contributed by atoms with Crippen molar-refractivity contribution >= 4 is 17.8 Å². The molecule has 2 atom stereocenters. The van der Waals surface area contributed by atoms with Crippen LogP contribution in [0.2, 0.25) is 0 Å². The monoisotopic (exact) mass is 489 g/mol. The largest absolute Gasteiger partial charge is 0.379 e. The third kappa shape index (κ3) is 4.71. The fourth-order valence-corrected chi connectivity index (χ4v) is 5.44. The minimum atomic E-state index is -1.15. The first kappa shape index (κ1) is 24.0. The number of carbonyl (C=O) groups is 3. The first-order chi connectivity index (χ1) is 17.5. The number of piperidine rings is 1. The lowest BCUT2D eigenvalue weighted by Crippen LogP contribution is -2.58. The van der Waals surface area contributed by atoms with Gasteiger partial charge < -0.3 is 15.0 Å². The molecular formula is C28H28FN3O4. The van der Waals surface area contributed by atoms with Crippen molar-refractivity contribution in [3.8, 4) is 11.8 Å². The van der Waals surface area contributed by atoms with Crippen LogP contribution in [0.15, 0.2) is 54.6 Å². The van der Waals surface area contributed by atoms with Gasteiger partial charge in [-0.2, -0.15) is 0 Å². The maximum atomic E-state index is 13.9. The number of amides is 4. The van der Waals surface area contributed by atoms with Crippen LogP contribution in [0.3, 0.4) is 0 Å². The second kappa shape index (κ2) is 10.1. The van der Waals surface area contributed by atoms with Gasteiger partial charge in [0.05, 0.1) is 12.6 Å². The zero-order chi connectivity index (χ0) is 25.1. The molecule has 36 heavy (non-hydrogen) atoms. The van der Waals surface area contributed by atoms with E-state index in [9.17, 15) is 18.8 Å². The second-order valence-electron chi connectivity index (χ2n) is 9.58. The maximum Gasteiger partial charge on any atom is 0.325 e. The number of ether oxygens (including phenoxy) is 1. The van der Waals surface area contributed by atoms with Crippen LogP contribution >= 0.6 is 0 Å². The van der Waals surface area contributed by atoms with E-state index in [0.717, 1.165) is 11.1 Å². The molecule has 4 amide bonds. The highest BCUT2D eigenvalue weighted by atomic mass is 19.1. The lowest BCUT2D eigenvalue weighted by Gasteiger charge is -2.40. The lowest BCUT2D eigenvalue weighted by molar-refractivity contribution is -0.136. The van der Waals surface area contributed by atoms with Crippen molar-refractivity contribution in [1.82, 2.24) is 15.1 Å². The molecule has 3 fully saturated rings. The van der Waals surface area contributed by atoms with Crippen LogP contribution in [0.1, 0.15) is 30.4 Å². The Morgan fingerprint density at radius 2 is 1.78 bits per heavy atom. The van der Waals surface area contributed by atoms with Crippen molar-refractivity contribution in [3.63, 3.8) is 0 Å². The summed E-state index contributed by atoms with van der Waals surface area (Å²) < 4.78 is 19.0. The van der Waals surface area contributed by atoms with E-state index in [0.29, 0.717) is 45.6 Å². The number of hydrogen-bond acceptors (Lipinski definition) is 4. The van der Waals surface area contributed by atoms with Crippen molar-refractivity contribution in [2.75, 3.05) is 26.3 Å². The highest BCUT2D eigenvalue weighted by Crippen LogP contribution is 2.38. The summed E-state index contributed by atoms with van der Waals surface area (Å²) in [4.78, 5) is 42.7. The summed E-state index contributed by atoms with van der Waals surface area (Å²) in [5, 5.41) is 3.02. The molecule has 0 aromatic heterocycles. The maximum absolute atomic E-state index is 13.9. The first-order valence-electron chi connectivity index (χ1n) is 12.3. The smallest absolute Gasteiger partial charge is 0.325 e. The van der Waals surface area contributed by atoms with Gasteiger partial charge in [0.2, 0.25) is 0 Å². The van der Waals surface area contributed by atoms with Gasteiger partial charge in [-0.25, -0.2) is 9.18 Å². The number of nitrogens with zero attached hydrogens (tertiary/aromatic N) is 2. The molecule has 186 valence electrons. The van der Waals surface area contributed by atoms with E-state index in [1.807, 2.05) is 30.3 Å². The van der Waals surface area contributed by atoms with E-state index in [1.165, 1.54) is 17.0 Å². The molecule has 1 N–H and O–H groups in total. The number of carbonyl (C=O) groups excluding carboxylic acids is 3. The van der Waals surface area contributed by atoms with Crippen LogP contribution < -0.4 is 5.32 Å². The van der Waals surface area contributed by atoms with Gasteiger partial charge in [-0.15, -0.1) is 0 Å². The molecule has 5 rings (SSSR count). The van der Waals surface area contributed by atoms with Gasteiger partial charge in [0, 0.05) is 37.6 Å². The molecule has 0 saturated carbocycles. The van der Waals surface area contributed by atoms with Crippen molar-refractivity contribution in [2.45, 2.75) is 37.3 Å². The second-order valence-corrected chi connectivity index (χ2v) is 9.58. The number of hydrogen-bond donors (Lipinski definition) is 1. The Hall–Kier alpha value is -3.70. The predicted molar refractivity (Wildman–Crippen MR) is 130 cm³/mol. The van der Waals surface area contributed by atoms with Gasteiger partial charge in [0.15, 0.2) is 0 Å². The normalized spacial score (nSPS) is 24.4. The fourth-order valence-electron chi connectivity index (χ4n) is 5.44. The van der Waals surface area contributed by atoms with Crippen LogP contribution in [-0.4, -0.2) is 65.5 Å². The SMILES string of the molecule is O=C(C#Cc1ccccc1)N1CCC([C@@]2(Cc3ccc(F)cc3)NC(=O)N([C@H]3CCOC3)C2=O)CC1. The highest BCUT2D eigenvalue weighted by molar-refractivity contribution is 6.08. The Bertz CT molecular complexity index is 1190. The molecule has 3 saturated heterocycles. The van der Waals surface area contributed by atoms with Gasteiger partial charge in [-0.05, 0) is 55.0 Å². The Labute approximate surface area is 209 Å². The Morgan fingerprint density at radius 3 is 2.44 bits per heavy atom. The summed E-state index contributed by atoms with van der Waals surface area (Å²) in [5.74, 6) is 4.55. The average Bonchev–Trinajstić information content (AvgIpc) is 3.51. The zero-order valence-electron chi connectivity index (χ0n) is 19.9. The molecule has 8 heteroatoms. The van der Waals surface area contributed by atoms with Crippen LogP contribution in [0.5, 0.6) is 0 Å². The summed E-state index contributed by atoms with van der Waals surface area (Å²) in [6, 6.07) is 14.6. The number of urea groups is 1. The van der Waals surface area contributed by atoms with Crippen molar-refractivity contribution in [1.29, 1.82) is 0 Å². The van der Waals surface area contributed by atoms with E-state index in [4.69, 9.17) is 4.74 Å². The Kier molecular flexibility index (Phi) is 6.75. The molecule has 2 aromatic rings. The van der Waals surface area contributed by atoms with Crippen LogP contribution in [0, 0.1) is 23.6 Å². The van der Waals surface area contributed by atoms with Gasteiger partial charge >= 0.3 is 6.03 Å². The average molecular weight is 490 g/mol.